The highest BCUT2D eigenvalue weighted by Crippen LogP contribution is 2.45. The van der Waals surface area contributed by atoms with E-state index in [1.165, 1.54) is 17.3 Å². The van der Waals surface area contributed by atoms with Gasteiger partial charge in [-0.2, -0.15) is 5.10 Å². The van der Waals surface area contributed by atoms with Crippen molar-refractivity contribution in [2.24, 2.45) is 5.41 Å². The van der Waals surface area contributed by atoms with Gasteiger partial charge in [0.25, 0.3) is 6.43 Å². The van der Waals surface area contributed by atoms with Crippen LogP contribution in [0.4, 0.5) is 14.6 Å². The Kier molecular flexibility index (Phi) is 4.15. The van der Waals surface area contributed by atoms with Crippen molar-refractivity contribution in [2.75, 3.05) is 18.0 Å². The summed E-state index contributed by atoms with van der Waals surface area (Å²) < 4.78 is 28.6. The van der Waals surface area contributed by atoms with E-state index in [2.05, 4.69) is 37.0 Å². The first-order valence-corrected chi connectivity index (χ1v) is 10.3. The van der Waals surface area contributed by atoms with Crippen LogP contribution in [0.15, 0.2) is 29.0 Å². The van der Waals surface area contributed by atoms with Crippen LogP contribution in [-0.2, 0) is 12.8 Å². The fourth-order valence-corrected chi connectivity index (χ4v) is 4.98. The number of pyridine rings is 1. The van der Waals surface area contributed by atoms with Gasteiger partial charge in [0, 0.05) is 25.0 Å². The molecule has 2 aliphatic rings. The molecule has 1 aliphatic carbocycles. The Balaban J connectivity index is 1.44. The molecule has 1 saturated heterocycles. The molecule has 4 heterocycles. The minimum Gasteiger partial charge on any atom is -0.355 e. The zero-order chi connectivity index (χ0) is 19.5. The predicted octanol–water partition coefficient (Wildman–Crippen LogP) is 4.52. The van der Waals surface area contributed by atoms with Crippen LogP contribution >= 0.6 is 15.9 Å². The van der Waals surface area contributed by atoms with Crippen LogP contribution in [0.1, 0.15) is 41.9 Å². The number of hydrogen-bond acceptors (Lipinski definition) is 4. The highest BCUT2D eigenvalue weighted by Gasteiger charge is 2.41. The Morgan fingerprint density at radius 3 is 2.71 bits per heavy atom. The van der Waals surface area contributed by atoms with Gasteiger partial charge in [0.1, 0.15) is 15.8 Å². The molecule has 8 heteroatoms. The lowest BCUT2D eigenvalue weighted by molar-refractivity contribution is 0.145. The van der Waals surface area contributed by atoms with E-state index in [1.807, 2.05) is 19.2 Å². The Hall–Kier alpha value is -2.09. The molecule has 3 aromatic heterocycles. The second kappa shape index (κ2) is 6.47. The zero-order valence-electron chi connectivity index (χ0n) is 15.5. The average Bonchev–Trinajstić information content (AvgIpc) is 3.27. The molecular formula is C20H20BrF2N5. The monoisotopic (exact) mass is 447 g/mol. The normalized spacial score (nSPS) is 18.4. The quantitative estimate of drug-likeness (QED) is 0.579. The highest BCUT2D eigenvalue weighted by atomic mass is 79.9. The van der Waals surface area contributed by atoms with Gasteiger partial charge in [-0.05, 0) is 71.6 Å². The largest absolute Gasteiger partial charge is 0.355 e. The van der Waals surface area contributed by atoms with Crippen LogP contribution in [0.25, 0.3) is 5.52 Å². The molecule has 3 aromatic rings. The molecule has 0 radical (unpaired) electrons. The maximum atomic E-state index is 13.2. The van der Waals surface area contributed by atoms with Gasteiger partial charge in [0.15, 0.2) is 5.82 Å². The molecule has 0 aromatic carbocycles. The van der Waals surface area contributed by atoms with Crippen molar-refractivity contribution in [1.82, 2.24) is 19.6 Å². The van der Waals surface area contributed by atoms with Crippen molar-refractivity contribution in [1.29, 1.82) is 0 Å². The number of aryl methyl sites for hydroxylation is 1. The summed E-state index contributed by atoms with van der Waals surface area (Å²) in [6.07, 6.45) is 3.47. The van der Waals surface area contributed by atoms with Crippen LogP contribution < -0.4 is 4.90 Å². The summed E-state index contributed by atoms with van der Waals surface area (Å²) in [6.45, 7) is 3.57. The summed E-state index contributed by atoms with van der Waals surface area (Å²) in [7, 11) is 0. The smallest absolute Gasteiger partial charge is 0.282 e. The van der Waals surface area contributed by atoms with E-state index in [4.69, 9.17) is 4.98 Å². The van der Waals surface area contributed by atoms with Crippen molar-refractivity contribution in [3.05, 3.63) is 51.6 Å². The van der Waals surface area contributed by atoms with Crippen LogP contribution in [0.3, 0.4) is 0 Å². The third kappa shape index (κ3) is 2.80. The van der Waals surface area contributed by atoms with E-state index < -0.39 is 6.43 Å². The lowest BCUT2D eigenvalue weighted by atomic mass is 9.76. The minimum absolute atomic E-state index is 0.222. The lowest BCUT2D eigenvalue weighted by Gasteiger charge is -2.40. The van der Waals surface area contributed by atoms with E-state index in [1.54, 1.807) is 4.52 Å². The summed E-state index contributed by atoms with van der Waals surface area (Å²) in [5.41, 5.74) is 4.01. The average molecular weight is 448 g/mol. The summed E-state index contributed by atoms with van der Waals surface area (Å²) in [5.74, 6) is 0.739. The second-order valence-corrected chi connectivity index (χ2v) is 8.68. The van der Waals surface area contributed by atoms with Gasteiger partial charge < -0.3 is 4.90 Å². The Bertz CT molecular complexity index is 1030. The van der Waals surface area contributed by atoms with Crippen molar-refractivity contribution in [3.8, 4) is 0 Å². The molecule has 0 bridgehead atoms. The van der Waals surface area contributed by atoms with Gasteiger partial charge in [-0.25, -0.2) is 18.3 Å². The fourth-order valence-electron chi connectivity index (χ4n) is 4.62. The Morgan fingerprint density at radius 2 is 2.00 bits per heavy atom. The maximum Gasteiger partial charge on any atom is 0.282 e. The van der Waals surface area contributed by atoms with Gasteiger partial charge in [0.05, 0.1) is 5.69 Å². The first-order chi connectivity index (χ1) is 13.5. The molecule has 28 heavy (non-hydrogen) atoms. The minimum atomic E-state index is -2.60. The zero-order valence-corrected chi connectivity index (χ0v) is 17.1. The summed E-state index contributed by atoms with van der Waals surface area (Å²) in [6, 6.07) is 5.65. The standard InChI is InChI=1S/C20H20BrF2N5/c1-12-17(21)28-16(9-14(26-28)18(22)23)19(25-12)27-7-4-20(5-8-27)10-13-3-2-6-24-15(13)11-20/h2-3,6,9,18H,4-5,7-8,10-11H2,1H3. The fraction of sp³-hybridized carbons (Fsp3) is 0.450. The van der Waals surface area contributed by atoms with Gasteiger partial charge in [-0.15, -0.1) is 0 Å². The Morgan fingerprint density at radius 1 is 1.21 bits per heavy atom. The molecule has 1 spiro atoms. The molecule has 0 amide bonds. The van der Waals surface area contributed by atoms with E-state index in [0.29, 0.717) is 10.1 Å². The van der Waals surface area contributed by atoms with Crippen molar-refractivity contribution < 1.29 is 8.78 Å². The van der Waals surface area contributed by atoms with Crippen molar-refractivity contribution in [3.63, 3.8) is 0 Å². The number of fused-ring (bicyclic) bond motifs is 2. The number of halogens is 3. The SMILES string of the molecule is Cc1nc(N2CCC3(CC2)Cc2cccnc2C3)c2cc(C(F)F)nn2c1Br. The molecule has 1 aliphatic heterocycles. The van der Waals surface area contributed by atoms with Gasteiger partial charge >= 0.3 is 0 Å². The first-order valence-electron chi connectivity index (χ1n) is 9.47. The van der Waals surface area contributed by atoms with Crippen molar-refractivity contribution >= 4 is 27.3 Å². The van der Waals surface area contributed by atoms with E-state index in [-0.39, 0.29) is 11.1 Å². The Labute approximate surface area is 169 Å². The predicted molar refractivity (Wildman–Crippen MR) is 106 cm³/mol. The molecule has 0 saturated carbocycles. The molecule has 0 unspecified atom stereocenters. The van der Waals surface area contributed by atoms with E-state index in [9.17, 15) is 8.78 Å². The number of anilines is 1. The molecule has 0 atom stereocenters. The second-order valence-electron chi connectivity index (χ2n) is 7.93. The third-order valence-electron chi connectivity index (χ3n) is 6.16. The molecule has 5 rings (SSSR count). The van der Waals surface area contributed by atoms with Crippen molar-refractivity contribution in [2.45, 2.75) is 39.0 Å². The number of nitrogens with zero attached hydrogens (tertiary/aromatic N) is 5. The van der Waals surface area contributed by atoms with Gasteiger partial charge in [-0.1, -0.05) is 6.07 Å². The summed E-state index contributed by atoms with van der Waals surface area (Å²) in [5, 5.41) is 4.07. The number of alkyl halides is 2. The van der Waals surface area contributed by atoms with Crippen LogP contribution in [0.2, 0.25) is 0 Å². The molecule has 0 N–H and O–H groups in total. The van der Waals surface area contributed by atoms with Crippen LogP contribution in [0, 0.1) is 12.3 Å². The van der Waals surface area contributed by atoms with E-state index >= 15 is 0 Å². The highest BCUT2D eigenvalue weighted by molar-refractivity contribution is 9.10. The maximum absolute atomic E-state index is 13.2. The molecule has 146 valence electrons. The van der Waals surface area contributed by atoms with Crippen LogP contribution in [0.5, 0.6) is 0 Å². The third-order valence-corrected chi connectivity index (χ3v) is 7.06. The summed E-state index contributed by atoms with van der Waals surface area (Å²) in [4.78, 5) is 11.5. The molecule has 5 nitrogen and oxygen atoms in total. The van der Waals surface area contributed by atoms with Gasteiger partial charge in [-0.3, -0.25) is 4.98 Å². The lowest BCUT2D eigenvalue weighted by Crippen LogP contribution is -2.41. The van der Waals surface area contributed by atoms with Gasteiger partial charge in [0.2, 0.25) is 0 Å². The first kappa shape index (κ1) is 18.0. The summed E-state index contributed by atoms with van der Waals surface area (Å²) >= 11 is 3.43. The van der Waals surface area contributed by atoms with Crippen LogP contribution in [-0.4, -0.2) is 32.7 Å². The number of piperidine rings is 1. The topological polar surface area (TPSA) is 46.3 Å². The number of aromatic nitrogens is 4. The molecule has 1 fully saturated rings. The van der Waals surface area contributed by atoms with E-state index in [0.717, 1.165) is 50.3 Å². The number of rotatable bonds is 2. The number of hydrogen-bond donors (Lipinski definition) is 0. The molecular weight excluding hydrogens is 428 g/mol.